The van der Waals surface area contributed by atoms with Gasteiger partial charge in [-0.1, -0.05) is 30.3 Å². The van der Waals surface area contributed by atoms with Crippen molar-refractivity contribution in [3.8, 4) is 0 Å². The van der Waals surface area contributed by atoms with Crippen molar-refractivity contribution < 1.29 is 4.79 Å². The van der Waals surface area contributed by atoms with Gasteiger partial charge in [-0.25, -0.2) is 0 Å². The fourth-order valence-electron chi connectivity index (χ4n) is 3.35. The molecule has 0 atom stereocenters. The summed E-state index contributed by atoms with van der Waals surface area (Å²) in [6.45, 7) is 8.73. The van der Waals surface area contributed by atoms with Gasteiger partial charge in [0.2, 0.25) is 5.96 Å². The van der Waals surface area contributed by atoms with Crippen molar-refractivity contribution in [1.29, 1.82) is 0 Å². The van der Waals surface area contributed by atoms with E-state index < -0.39 is 0 Å². The number of amides is 1. The summed E-state index contributed by atoms with van der Waals surface area (Å²) >= 11 is 0. The first-order valence-corrected chi connectivity index (χ1v) is 10.1. The van der Waals surface area contributed by atoms with Crippen molar-refractivity contribution in [2.24, 2.45) is 12.0 Å². The molecular formula is C24H29N5O. The van der Waals surface area contributed by atoms with Crippen LogP contribution in [0.15, 0.2) is 53.5 Å². The lowest BCUT2D eigenvalue weighted by Gasteiger charge is -2.15. The highest BCUT2D eigenvalue weighted by Gasteiger charge is 2.12. The number of carbonyl (C=O) groups excluding carboxylic acids is 1. The molecule has 3 rings (SSSR count). The lowest BCUT2D eigenvalue weighted by molar-refractivity contribution is 0.0977. The number of aromatic nitrogens is 2. The zero-order valence-corrected chi connectivity index (χ0v) is 18.3. The SMILES string of the molecule is Cc1cccc(NC(=NCCc2c(C)nn(C)c2C)NC(=O)c2ccccc2)c1C. The van der Waals surface area contributed by atoms with Gasteiger partial charge in [0.15, 0.2) is 0 Å². The number of aryl methyl sites for hydroxylation is 3. The van der Waals surface area contributed by atoms with E-state index in [-0.39, 0.29) is 5.91 Å². The van der Waals surface area contributed by atoms with Crippen LogP contribution in [0.3, 0.4) is 0 Å². The Balaban J connectivity index is 1.81. The Labute approximate surface area is 178 Å². The molecule has 0 aliphatic carbocycles. The fraction of sp³-hybridized carbons (Fsp3) is 0.292. The van der Waals surface area contributed by atoms with E-state index in [2.05, 4.69) is 47.6 Å². The van der Waals surface area contributed by atoms with Crippen molar-refractivity contribution in [3.63, 3.8) is 0 Å². The smallest absolute Gasteiger partial charge is 0.257 e. The molecule has 0 aliphatic rings. The maximum atomic E-state index is 12.7. The van der Waals surface area contributed by atoms with Gasteiger partial charge in [-0.15, -0.1) is 0 Å². The molecule has 0 spiro atoms. The Hall–Kier alpha value is -3.41. The van der Waals surface area contributed by atoms with Gasteiger partial charge >= 0.3 is 0 Å². The highest BCUT2D eigenvalue weighted by Crippen LogP contribution is 2.18. The summed E-state index contributed by atoms with van der Waals surface area (Å²) in [4.78, 5) is 17.4. The molecule has 30 heavy (non-hydrogen) atoms. The Kier molecular flexibility index (Phi) is 6.67. The minimum atomic E-state index is -0.194. The first kappa shape index (κ1) is 21.3. The van der Waals surface area contributed by atoms with Gasteiger partial charge in [-0.3, -0.25) is 19.8 Å². The molecule has 156 valence electrons. The number of hydrogen-bond acceptors (Lipinski definition) is 3. The minimum Gasteiger partial charge on any atom is -0.326 e. The normalized spacial score (nSPS) is 11.4. The Morgan fingerprint density at radius 2 is 1.77 bits per heavy atom. The van der Waals surface area contributed by atoms with Crippen LogP contribution < -0.4 is 10.6 Å². The summed E-state index contributed by atoms with van der Waals surface area (Å²) in [6.07, 6.45) is 0.755. The van der Waals surface area contributed by atoms with Gasteiger partial charge in [-0.2, -0.15) is 5.10 Å². The Morgan fingerprint density at radius 1 is 1.03 bits per heavy atom. The summed E-state index contributed by atoms with van der Waals surface area (Å²) in [5.41, 5.74) is 7.17. The van der Waals surface area contributed by atoms with Crippen LogP contribution >= 0.6 is 0 Å². The van der Waals surface area contributed by atoms with E-state index in [1.165, 1.54) is 11.1 Å². The molecule has 0 saturated carbocycles. The topological polar surface area (TPSA) is 71.3 Å². The summed E-state index contributed by atoms with van der Waals surface area (Å²) in [7, 11) is 1.95. The molecule has 1 amide bonds. The van der Waals surface area contributed by atoms with E-state index in [4.69, 9.17) is 0 Å². The van der Waals surface area contributed by atoms with Crippen LogP contribution in [0, 0.1) is 27.7 Å². The molecule has 2 aromatic carbocycles. The standard InChI is InChI=1S/C24H29N5O/c1-16-10-9-13-22(17(16)2)26-24(27-23(30)20-11-7-6-8-12-20)25-15-14-21-18(3)28-29(5)19(21)4/h6-13H,14-15H2,1-5H3,(H2,25,26,27,30). The van der Waals surface area contributed by atoms with Crippen LogP contribution in [0.25, 0.3) is 0 Å². The number of nitrogens with zero attached hydrogens (tertiary/aromatic N) is 3. The second kappa shape index (κ2) is 9.39. The first-order chi connectivity index (χ1) is 14.4. The van der Waals surface area contributed by atoms with Gasteiger partial charge in [0, 0.05) is 30.5 Å². The monoisotopic (exact) mass is 403 g/mol. The first-order valence-electron chi connectivity index (χ1n) is 10.1. The summed E-state index contributed by atoms with van der Waals surface area (Å²) in [5, 5.41) is 10.7. The van der Waals surface area contributed by atoms with E-state index in [0.29, 0.717) is 18.1 Å². The highest BCUT2D eigenvalue weighted by atomic mass is 16.1. The Bertz CT molecular complexity index is 1070. The predicted molar refractivity (Wildman–Crippen MR) is 122 cm³/mol. The predicted octanol–water partition coefficient (Wildman–Crippen LogP) is 4.09. The molecule has 2 N–H and O–H groups in total. The lowest BCUT2D eigenvalue weighted by Crippen LogP contribution is -2.36. The molecule has 6 heteroatoms. The van der Waals surface area contributed by atoms with Crippen molar-refractivity contribution in [1.82, 2.24) is 15.1 Å². The van der Waals surface area contributed by atoms with Gasteiger partial charge in [0.1, 0.15) is 0 Å². The summed E-state index contributed by atoms with van der Waals surface area (Å²) in [6, 6.07) is 15.2. The second-order valence-electron chi connectivity index (χ2n) is 7.45. The average Bonchev–Trinajstić information content (AvgIpc) is 2.97. The quantitative estimate of drug-likeness (QED) is 0.498. The number of carbonyl (C=O) groups is 1. The molecule has 0 saturated heterocycles. The number of rotatable bonds is 5. The molecule has 6 nitrogen and oxygen atoms in total. The molecule has 1 heterocycles. The van der Waals surface area contributed by atoms with E-state index in [1.807, 2.05) is 49.0 Å². The number of guanidine groups is 1. The van der Waals surface area contributed by atoms with Crippen molar-refractivity contribution in [2.45, 2.75) is 34.1 Å². The van der Waals surface area contributed by atoms with Gasteiger partial charge < -0.3 is 5.32 Å². The van der Waals surface area contributed by atoms with Crippen LogP contribution in [0.4, 0.5) is 5.69 Å². The maximum Gasteiger partial charge on any atom is 0.257 e. The summed E-state index contributed by atoms with van der Waals surface area (Å²) in [5.74, 6) is 0.248. The fourth-order valence-corrected chi connectivity index (χ4v) is 3.35. The maximum absolute atomic E-state index is 12.7. The number of nitrogens with one attached hydrogen (secondary N) is 2. The van der Waals surface area contributed by atoms with Crippen molar-refractivity contribution in [3.05, 3.63) is 82.2 Å². The van der Waals surface area contributed by atoms with Crippen LogP contribution in [-0.4, -0.2) is 28.2 Å². The zero-order valence-electron chi connectivity index (χ0n) is 18.3. The van der Waals surface area contributed by atoms with E-state index in [0.717, 1.165) is 29.1 Å². The Morgan fingerprint density at radius 3 is 2.43 bits per heavy atom. The molecule has 0 unspecified atom stereocenters. The van der Waals surface area contributed by atoms with Crippen molar-refractivity contribution in [2.75, 3.05) is 11.9 Å². The summed E-state index contributed by atoms with van der Waals surface area (Å²) < 4.78 is 1.89. The van der Waals surface area contributed by atoms with Crippen LogP contribution in [0.1, 0.15) is 38.4 Å². The van der Waals surface area contributed by atoms with E-state index in [9.17, 15) is 4.79 Å². The minimum absolute atomic E-state index is 0.194. The van der Waals surface area contributed by atoms with Gasteiger partial charge in [0.25, 0.3) is 5.91 Å². The van der Waals surface area contributed by atoms with Gasteiger partial charge in [-0.05, 0) is 69.0 Å². The van der Waals surface area contributed by atoms with Gasteiger partial charge in [0.05, 0.1) is 5.69 Å². The average molecular weight is 404 g/mol. The molecular weight excluding hydrogens is 374 g/mol. The molecule has 0 fully saturated rings. The van der Waals surface area contributed by atoms with E-state index >= 15 is 0 Å². The van der Waals surface area contributed by atoms with Crippen LogP contribution in [0.5, 0.6) is 0 Å². The van der Waals surface area contributed by atoms with Crippen molar-refractivity contribution >= 4 is 17.6 Å². The molecule has 3 aromatic rings. The largest absolute Gasteiger partial charge is 0.326 e. The highest BCUT2D eigenvalue weighted by molar-refractivity contribution is 6.10. The van der Waals surface area contributed by atoms with Crippen LogP contribution in [0.2, 0.25) is 0 Å². The second-order valence-corrected chi connectivity index (χ2v) is 7.45. The number of benzene rings is 2. The van der Waals surface area contributed by atoms with E-state index in [1.54, 1.807) is 12.1 Å². The molecule has 0 bridgehead atoms. The number of anilines is 1. The lowest BCUT2D eigenvalue weighted by atomic mass is 10.1. The number of hydrogen-bond donors (Lipinski definition) is 2. The molecule has 0 radical (unpaired) electrons. The third kappa shape index (κ3) is 4.95. The third-order valence-corrected chi connectivity index (χ3v) is 5.42. The third-order valence-electron chi connectivity index (χ3n) is 5.42. The number of aliphatic imine (C=N–C) groups is 1. The molecule has 1 aromatic heterocycles. The molecule has 0 aliphatic heterocycles. The van der Waals surface area contributed by atoms with Crippen LogP contribution in [-0.2, 0) is 13.5 Å². The zero-order chi connectivity index (χ0) is 21.7.